The first kappa shape index (κ1) is 9.01. The van der Waals surface area contributed by atoms with Crippen LogP contribution >= 0.6 is 0 Å². The van der Waals surface area contributed by atoms with E-state index >= 15 is 0 Å². The van der Waals surface area contributed by atoms with Crippen molar-refractivity contribution in [3.8, 4) is 0 Å². The first-order valence-corrected chi connectivity index (χ1v) is 4.82. The topological polar surface area (TPSA) is 38.0 Å². The molecule has 1 aliphatic carbocycles. The Bertz CT molecular complexity index is 97.7. The maximum atomic E-state index is 5.79. The van der Waals surface area contributed by atoms with Gasteiger partial charge in [0.05, 0.1) is 0 Å². The van der Waals surface area contributed by atoms with Gasteiger partial charge in [0.1, 0.15) is 0 Å². The Labute approximate surface area is 69.5 Å². The van der Waals surface area contributed by atoms with Crippen LogP contribution in [0.15, 0.2) is 0 Å². The fraction of sp³-hybridized carbons (Fsp3) is 1.00. The highest BCUT2D eigenvalue weighted by Crippen LogP contribution is 2.17. The second kappa shape index (κ2) is 4.73. The number of hydrogen-bond acceptors (Lipinski definition) is 2. The van der Waals surface area contributed by atoms with Crippen molar-refractivity contribution < 1.29 is 0 Å². The van der Waals surface area contributed by atoms with Crippen molar-refractivity contribution in [2.45, 2.75) is 51.1 Å². The van der Waals surface area contributed by atoms with Crippen molar-refractivity contribution >= 4 is 0 Å². The van der Waals surface area contributed by atoms with Crippen molar-refractivity contribution in [1.82, 2.24) is 5.32 Å². The van der Waals surface area contributed by atoms with E-state index in [0.29, 0.717) is 6.04 Å². The van der Waals surface area contributed by atoms with E-state index in [-0.39, 0.29) is 0 Å². The van der Waals surface area contributed by atoms with Crippen molar-refractivity contribution in [2.75, 3.05) is 6.54 Å². The van der Waals surface area contributed by atoms with Crippen LogP contribution in [0.3, 0.4) is 0 Å². The second-order valence-corrected chi connectivity index (χ2v) is 3.56. The summed E-state index contributed by atoms with van der Waals surface area (Å²) >= 11 is 0. The minimum atomic E-state index is 0.357. The van der Waals surface area contributed by atoms with Crippen LogP contribution in [-0.2, 0) is 0 Å². The van der Waals surface area contributed by atoms with Gasteiger partial charge >= 0.3 is 0 Å². The summed E-state index contributed by atoms with van der Waals surface area (Å²) in [6.07, 6.45) is 6.60. The fourth-order valence-electron chi connectivity index (χ4n) is 1.59. The third-order valence-electron chi connectivity index (χ3n) is 2.55. The molecule has 1 atom stereocenters. The standard InChI is InChI=1S/C9H20N2/c1-2-8(10)7-11-9-5-3-4-6-9/h8-9,11H,2-7,10H2,1H3. The van der Waals surface area contributed by atoms with Crippen LogP contribution in [0.5, 0.6) is 0 Å². The molecule has 0 aliphatic heterocycles. The molecule has 0 aromatic heterocycles. The van der Waals surface area contributed by atoms with Crippen LogP contribution in [0.25, 0.3) is 0 Å². The van der Waals surface area contributed by atoms with E-state index in [0.717, 1.165) is 19.0 Å². The molecular formula is C9H20N2. The summed E-state index contributed by atoms with van der Waals surface area (Å²) in [4.78, 5) is 0. The molecule has 0 radical (unpaired) electrons. The average molecular weight is 156 g/mol. The molecule has 11 heavy (non-hydrogen) atoms. The molecule has 0 bridgehead atoms. The lowest BCUT2D eigenvalue weighted by molar-refractivity contribution is 0.479. The number of rotatable bonds is 4. The molecule has 1 unspecified atom stereocenters. The van der Waals surface area contributed by atoms with Gasteiger partial charge in [0, 0.05) is 18.6 Å². The lowest BCUT2D eigenvalue weighted by atomic mass is 10.2. The maximum Gasteiger partial charge on any atom is 0.0162 e. The zero-order valence-electron chi connectivity index (χ0n) is 7.47. The molecule has 66 valence electrons. The predicted octanol–water partition coefficient (Wildman–Crippen LogP) is 1.26. The number of hydrogen-bond donors (Lipinski definition) is 2. The highest BCUT2D eigenvalue weighted by molar-refractivity contribution is 4.75. The van der Waals surface area contributed by atoms with Crippen molar-refractivity contribution in [2.24, 2.45) is 5.73 Å². The van der Waals surface area contributed by atoms with E-state index in [2.05, 4.69) is 12.2 Å². The van der Waals surface area contributed by atoms with Gasteiger partial charge in [-0.3, -0.25) is 0 Å². The van der Waals surface area contributed by atoms with Crippen LogP contribution in [-0.4, -0.2) is 18.6 Å². The van der Waals surface area contributed by atoms with E-state index in [9.17, 15) is 0 Å². The quantitative estimate of drug-likeness (QED) is 0.643. The van der Waals surface area contributed by atoms with Crippen molar-refractivity contribution in [3.63, 3.8) is 0 Å². The monoisotopic (exact) mass is 156 g/mol. The van der Waals surface area contributed by atoms with Crippen LogP contribution < -0.4 is 11.1 Å². The lowest BCUT2D eigenvalue weighted by Gasteiger charge is -2.15. The van der Waals surface area contributed by atoms with Gasteiger partial charge in [0.25, 0.3) is 0 Å². The van der Waals surface area contributed by atoms with Gasteiger partial charge < -0.3 is 11.1 Å². The molecule has 0 heterocycles. The SMILES string of the molecule is CCC(N)CNC1CCCC1. The third kappa shape index (κ3) is 3.21. The molecule has 3 N–H and O–H groups in total. The highest BCUT2D eigenvalue weighted by Gasteiger charge is 2.14. The lowest BCUT2D eigenvalue weighted by Crippen LogP contribution is -2.37. The number of nitrogens with one attached hydrogen (secondary N) is 1. The Balaban J connectivity index is 2.01. The minimum absolute atomic E-state index is 0.357. The fourth-order valence-corrected chi connectivity index (χ4v) is 1.59. The van der Waals surface area contributed by atoms with Gasteiger partial charge in [-0.25, -0.2) is 0 Å². The van der Waals surface area contributed by atoms with Gasteiger partial charge in [0.2, 0.25) is 0 Å². The van der Waals surface area contributed by atoms with E-state index in [1.54, 1.807) is 0 Å². The Morgan fingerprint density at radius 2 is 2.09 bits per heavy atom. The van der Waals surface area contributed by atoms with Crippen molar-refractivity contribution in [1.29, 1.82) is 0 Å². The summed E-state index contributed by atoms with van der Waals surface area (Å²) in [5.74, 6) is 0. The van der Waals surface area contributed by atoms with E-state index in [1.807, 2.05) is 0 Å². The summed E-state index contributed by atoms with van der Waals surface area (Å²) < 4.78 is 0. The van der Waals surface area contributed by atoms with E-state index < -0.39 is 0 Å². The highest BCUT2D eigenvalue weighted by atomic mass is 14.9. The largest absolute Gasteiger partial charge is 0.327 e. The summed E-state index contributed by atoms with van der Waals surface area (Å²) in [5.41, 5.74) is 5.79. The average Bonchev–Trinajstić information content (AvgIpc) is 2.52. The van der Waals surface area contributed by atoms with Crippen LogP contribution in [0.2, 0.25) is 0 Å². The predicted molar refractivity (Wildman–Crippen MR) is 48.5 cm³/mol. The molecule has 0 amide bonds. The molecule has 1 saturated carbocycles. The normalized spacial score (nSPS) is 22.4. The zero-order valence-corrected chi connectivity index (χ0v) is 7.47. The summed E-state index contributed by atoms with van der Waals surface area (Å²) in [6.45, 7) is 3.14. The Morgan fingerprint density at radius 3 is 2.64 bits per heavy atom. The molecule has 2 nitrogen and oxygen atoms in total. The van der Waals surface area contributed by atoms with Gasteiger partial charge in [-0.15, -0.1) is 0 Å². The minimum Gasteiger partial charge on any atom is -0.327 e. The van der Waals surface area contributed by atoms with Crippen LogP contribution in [0, 0.1) is 0 Å². The van der Waals surface area contributed by atoms with Crippen molar-refractivity contribution in [3.05, 3.63) is 0 Å². The van der Waals surface area contributed by atoms with Gasteiger partial charge in [0.15, 0.2) is 0 Å². The Kier molecular flexibility index (Phi) is 3.87. The van der Waals surface area contributed by atoms with Crippen LogP contribution in [0.4, 0.5) is 0 Å². The molecule has 1 fully saturated rings. The molecule has 0 saturated heterocycles. The Morgan fingerprint density at radius 1 is 1.45 bits per heavy atom. The first-order chi connectivity index (χ1) is 5.33. The summed E-state index contributed by atoms with van der Waals surface area (Å²) in [7, 11) is 0. The van der Waals surface area contributed by atoms with Gasteiger partial charge in [-0.2, -0.15) is 0 Å². The van der Waals surface area contributed by atoms with E-state index in [4.69, 9.17) is 5.73 Å². The van der Waals surface area contributed by atoms with E-state index in [1.165, 1.54) is 25.7 Å². The molecule has 1 rings (SSSR count). The molecule has 0 spiro atoms. The van der Waals surface area contributed by atoms with Gasteiger partial charge in [-0.1, -0.05) is 19.8 Å². The molecule has 2 heteroatoms. The molecular weight excluding hydrogens is 136 g/mol. The molecule has 0 aromatic carbocycles. The Hall–Kier alpha value is -0.0800. The molecule has 1 aliphatic rings. The van der Waals surface area contributed by atoms with Crippen LogP contribution in [0.1, 0.15) is 39.0 Å². The summed E-state index contributed by atoms with van der Waals surface area (Å²) in [5, 5.41) is 3.51. The van der Waals surface area contributed by atoms with Gasteiger partial charge in [-0.05, 0) is 19.3 Å². The maximum absolute atomic E-state index is 5.79. The first-order valence-electron chi connectivity index (χ1n) is 4.82. The zero-order chi connectivity index (χ0) is 8.10. The smallest absolute Gasteiger partial charge is 0.0162 e. The second-order valence-electron chi connectivity index (χ2n) is 3.56. The summed E-state index contributed by atoms with van der Waals surface area (Å²) in [6, 6.07) is 1.13. The number of nitrogens with two attached hydrogens (primary N) is 1. The molecule has 0 aromatic rings. The third-order valence-corrected chi connectivity index (χ3v) is 2.55.